The van der Waals surface area contributed by atoms with Crippen molar-refractivity contribution in [3.05, 3.63) is 65.5 Å². The van der Waals surface area contributed by atoms with Gasteiger partial charge in [0, 0.05) is 5.92 Å². The Labute approximate surface area is 113 Å². The number of hydrogen-bond acceptors (Lipinski definition) is 2. The number of methoxy groups -OCH3 is 1. The molecule has 0 saturated carbocycles. The molecule has 2 aromatic rings. The van der Waals surface area contributed by atoms with Crippen LogP contribution in [0.5, 0.6) is 5.75 Å². The zero-order chi connectivity index (χ0) is 13.7. The van der Waals surface area contributed by atoms with Gasteiger partial charge in [0.15, 0.2) is 0 Å². The van der Waals surface area contributed by atoms with Crippen LogP contribution in [0, 0.1) is 5.82 Å². The quantitative estimate of drug-likeness (QED) is 0.894. The first kappa shape index (κ1) is 13.6. The summed E-state index contributed by atoms with van der Waals surface area (Å²) in [4.78, 5) is 0. The Morgan fingerprint density at radius 1 is 1.00 bits per heavy atom. The average molecular weight is 259 g/mol. The van der Waals surface area contributed by atoms with E-state index in [-0.39, 0.29) is 11.7 Å². The molecule has 100 valence electrons. The molecule has 2 rings (SSSR count). The first-order valence-corrected chi connectivity index (χ1v) is 6.34. The second-order valence-corrected chi connectivity index (χ2v) is 4.45. The van der Waals surface area contributed by atoms with Crippen LogP contribution in [0.1, 0.15) is 23.5 Å². The predicted molar refractivity (Wildman–Crippen MR) is 74.9 cm³/mol. The summed E-state index contributed by atoms with van der Waals surface area (Å²) >= 11 is 0. The summed E-state index contributed by atoms with van der Waals surface area (Å²) in [5.41, 5.74) is 7.94. The minimum Gasteiger partial charge on any atom is -0.497 e. The van der Waals surface area contributed by atoms with Gasteiger partial charge >= 0.3 is 0 Å². The normalized spacial score (nSPS) is 12.2. The zero-order valence-corrected chi connectivity index (χ0v) is 11.0. The van der Waals surface area contributed by atoms with Gasteiger partial charge in [0.2, 0.25) is 0 Å². The van der Waals surface area contributed by atoms with Crippen LogP contribution in [-0.2, 0) is 0 Å². The maximum atomic E-state index is 13.0. The average Bonchev–Trinajstić information content (AvgIpc) is 2.46. The summed E-state index contributed by atoms with van der Waals surface area (Å²) in [5, 5.41) is 0. The first-order chi connectivity index (χ1) is 9.24. The second-order valence-electron chi connectivity index (χ2n) is 4.45. The summed E-state index contributed by atoms with van der Waals surface area (Å²) in [6, 6.07) is 14.5. The number of nitrogens with two attached hydrogens (primary N) is 1. The Morgan fingerprint density at radius 2 is 1.53 bits per heavy atom. The van der Waals surface area contributed by atoms with Gasteiger partial charge < -0.3 is 10.5 Å². The Kier molecular flexibility index (Phi) is 4.53. The maximum Gasteiger partial charge on any atom is 0.123 e. The molecule has 0 spiro atoms. The van der Waals surface area contributed by atoms with Crippen molar-refractivity contribution in [2.45, 2.75) is 12.3 Å². The van der Waals surface area contributed by atoms with Gasteiger partial charge in [-0.25, -0.2) is 4.39 Å². The van der Waals surface area contributed by atoms with Crippen LogP contribution in [0.15, 0.2) is 48.5 Å². The van der Waals surface area contributed by atoms with Gasteiger partial charge in [-0.1, -0.05) is 24.3 Å². The number of rotatable bonds is 5. The molecule has 0 aliphatic carbocycles. The van der Waals surface area contributed by atoms with Crippen LogP contribution in [0.25, 0.3) is 0 Å². The first-order valence-electron chi connectivity index (χ1n) is 6.34. The van der Waals surface area contributed by atoms with Gasteiger partial charge in [-0.2, -0.15) is 0 Å². The lowest BCUT2D eigenvalue weighted by Crippen LogP contribution is -2.09. The molecule has 2 nitrogen and oxygen atoms in total. The molecule has 2 aromatic carbocycles. The van der Waals surface area contributed by atoms with Crippen molar-refractivity contribution in [1.29, 1.82) is 0 Å². The molecule has 0 radical (unpaired) electrons. The van der Waals surface area contributed by atoms with E-state index in [4.69, 9.17) is 10.5 Å². The van der Waals surface area contributed by atoms with E-state index in [1.54, 1.807) is 7.11 Å². The fourth-order valence-corrected chi connectivity index (χ4v) is 2.22. The molecule has 0 bridgehead atoms. The monoisotopic (exact) mass is 259 g/mol. The zero-order valence-electron chi connectivity index (χ0n) is 11.0. The molecule has 0 saturated heterocycles. The van der Waals surface area contributed by atoms with E-state index in [1.807, 2.05) is 36.4 Å². The van der Waals surface area contributed by atoms with Crippen LogP contribution < -0.4 is 10.5 Å². The van der Waals surface area contributed by atoms with Gasteiger partial charge in [0.25, 0.3) is 0 Å². The highest BCUT2D eigenvalue weighted by Crippen LogP contribution is 2.29. The van der Waals surface area contributed by atoms with Gasteiger partial charge in [-0.15, -0.1) is 0 Å². The van der Waals surface area contributed by atoms with Crippen molar-refractivity contribution in [2.24, 2.45) is 5.73 Å². The minimum absolute atomic E-state index is 0.191. The van der Waals surface area contributed by atoms with Crippen LogP contribution >= 0.6 is 0 Å². The summed E-state index contributed by atoms with van der Waals surface area (Å²) in [6.45, 7) is 0.591. The maximum absolute atomic E-state index is 13.0. The fraction of sp³-hybridized carbons (Fsp3) is 0.250. The van der Waals surface area contributed by atoms with Crippen molar-refractivity contribution in [2.75, 3.05) is 13.7 Å². The molecule has 3 heteroatoms. The van der Waals surface area contributed by atoms with E-state index in [0.717, 1.165) is 23.3 Å². The van der Waals surface area contributed by atoms with E-state index >= 15 is 0 Å². The predicted octanol–water partition coefficient (Wildman–Crippen LogP) is 3.32. The van der Waals surface area contributed by atoms with Crippen molar-refractivity contribution >= 4 is 0 Å². The Morgan fingerprint density at radius 3 is 2.00 bits per heavy atom. The molecule has 2 N–H and O–H groups in total. The fourth-order valence-electron chi connectivity index (χ4n) is 2.22. The summed E-state index contributed by atoms with van der Waals surface area (Å²) < 4.78 is 18.2. The van der Waals surface area contributed by atoms with Crippen molar-refractivity contribution in [1.82, 2.24) is 0 Å². The molecule has 0 aliphatic heterocycles. The molecule has 0 amide bonds. The molecular formula is C16H18FNO. The molecule has 0 aromatic heterocycles. The summed E-state index contributed by atoms with van der Waals surface area (Å²) in [7, 11) is 1.65. The number of benzene rings is 2. The minimum atomic E-state index is -0.218. The van der Waals surface area contributed by atoms with Crippen molar-refractivity contribution in [3.63, 3.8) is 0 Å². The van der Waals surface area contributed by atoms with Crippen LogP contribution in [-0.4, -0.2) is 13.7 Å². The van der Waals surface area contributed by atoms with E-state index in [9.17, 15) is 4.39 Å². The van der Waals surface area contributed by atoms with Gasteiger partial charge in [-0.3, -0.25) is 0 Å². The lowest BCUT2D eigenvalue weighted by Gasteiger charge is -2.17. The largest absolute Gasteiger partial charge is 0.497 e. The topological polar surface area (TPSA) is 35.2 Å². The second kappa shape index (κ2) is 6.34. The van der Waals surface area contributed by atoms with Crippen LogP contribution in [0.2, 0.25) is 0 Å². The highest BCUT2D eigenvalue weighted by atomic mass is 19.1. The number of hydrogen-bond donors (Lipinski definition) is 1. The van der Waals surface area contributed by atoms with Gasteiger partial charge in [-0.05, 0) is 48.4 Å². The Hall–Kier alpha value is -1.87. The SMILES string of the molecule is COc1ccc([C@@H](CCN)c2ccc(F)cc2)cc1. The van der Waals surface area contributed by atoms with Gasteiger partial charge in [0.05, 0.1) is 7.11 Å². The smallest absolute Gasteiger partial charge is 0.123 e. The lowest BCUT2D eigenvalue weighted by atomic mass is 9.88. The number of halogens is 1. The summed E-state index contributed by atoms with van der Waals surface area (Å²) in [5.74, 6) is 0.802. The van der Waals surface area contributed by atoms with E-state index in [0.29, 0.717) is 6.54 Å². The van der Waals surface area contributed by atoms with Crippen LogP contribution in [0.4, 0.5) is 4.39 Å². The Bertz CT molecular complexity index is 507. The van der Waals surface area contributed by atoms with Crippen LogP contribution in [0.3, 0.4) is 0 Å². The third kappa shape index (κ3) is 3.32. The third-order valence-corrected chi connectivity index (χ3v) is 3.25. The highest BCUT2D eigenvalue weighted by Gasteiger charge is 2.13. The molecule has 0 fully saturated rings. The molecular weight excluding hydrogens is 241 g/mol. The van der Waals surface area contributed by atoms with E-state index in [2.05, 4.69) is 0 Å². The molecule has 1 atom stereocenters. The lowest BCUT2D eigenvalue weighted by molar-refractivity contribution is 0.414. The molecule has 19 heavy (non-hydrogen) atoms. The molecule has 0 unspecified atom stereocenters. The highest BCUT2D eigenvalue weighted by molar-refractivity contribution is 5.36. The Balaban J connectivity index is 2.30. The third-order valence-electron chi connectivity index (χ3n) is 3.25. The van der Waals surface area contributed by atoms with Crippen molar-refractivity contribution in [3.8, 4) is 5.75 Å². The van der Waals surface area contributed by atoms with Gasteiger partial charge in [0.1, 0.15) is 11.6 Å². The van der Waals surface area contributed by atoms with E-state index < -0.39 is 0 Å². The van der Waals surface area contributed by atoms with E-state index in [1.165, 1.54) is 12.1 Å². The standard InChI is InChI=1S/C16H18FNO/c1-19-15-8-4-13(5-9-15)16(10-11-18)12-2-6-14(17)7-3-12/h2-9,16H,10-11,18H2,1H3/t16-/m0/s1. The number of ether oxygens (including phenoxy) is 1. The van der Waals surface area contributed by atoms with Crippen molar-refractivity contribution < 1.29 is 9.13 Å². The molecule has 0 heterocycles. The summed E-state index contributed by atoms with van der Waals surface area (Å²) in [6.07, 6.45) is 0.831. The molecule has 0 aliphatic rings.